The third-order valence-electron chi connectivity index (χ3n) is 3.42. The van der Waals surface area contributed by atoms with Crippen LogP contribution in [0.2, 0.25) is 0 Å². The topological polar surface area (TPSA) is 46.5 Å². The van der Waals surface area contributed by atoms with Gasteiger partial charge >= 0.3 is 5.97 Å². The van der Waals surface area contributed by atoms with Crippen molar-refractivity contribution < 1.29 is 19.0 Å². The zero-order valence-electron chi connectivity index (χ0n) is 11.6. The van der Waals surface area contributed by atoms with Crippen LogP contribution in [-0.4, -0.2) is 17.7 Å². The molecule has 0 aliphatic heterocycles. The smallest absolute Gasteiger partial charge is 0.312 e. The Morgan fingerprint density at radius 3 is 2.58 bits per heavy atom. The molecule has 0 aromatic heterocycles. The summed E-state index contributed by atoms with van der Waals surface area (Å²) < 4.78 is 18.3. The van der Waals surface area contributed by atoms with Gasteiger partial charge < -0.3 is 9.84 Å². The molecular weight excluding hydrogens is 247 g/mol. The van der Waals surface area contributed by atoms with Gasteiger partial charge in [0.2, 0.25) is 0 Å². The summed E-state index contributed by atoms with van der Waals surface area (Å²) >= 11 is 0. The van der Waals surface area contributed by atoms with Gasteiger partial charge in [0, 0.05) is 0 Å². The zero-order valence-corrected chi connectivity index (χ0v) is 11.6. The number of ether oxygens (including phenoxy) is 1. The SMILES string of the molecule is CCOC(=O)C(CC)C(O)(CC)c1cccc(F)c1. The molecule has 0 amide bonds. The second kappa shape index (κ2) is 6.66. The number of aliphatic hydroxyl groups is 1. The summed E-state index contributed by atoms with van der Waals surface area (Å²) in [6.07, 6.45) is 0.744. The Hall–Kier alpha value is -1.42. The van der Waals surface area contributed by atoms with E-state index >= 15 is 0 Å². The Bertz CT molecular complexity index is 433. The lowest BCUT2D eigenvalue weighted by Gasteiger charge is -2.34. The van der Waals surface area contributed by atoms with E-state index < -0.39 is 23.3 Å². The van der Waals surface area contributed by atoms with Crippen LogP contribution in [0.5, 0.6) is 0 Å². The van der Waals surface area contributed by atoms with Crippen molar-refractivity contribution in [2.45, 2.75) is 39.2 Å². The van der Waals surface area contributed by atoms with Crippen LogP contribution in [0.3, 0.4) is 0 Å². The number of halogens is 1. The lowest BCUT2D eigenvalue weighted by atomic mass is 9.78. The van der Waals surface area contributed by atoms with Crippen LogP contribution >= 0.6 is 0 Å². The van der Waals surface area contributed by atoms with Gasteiger partial charge in [-0.3, -0.25) is 4.79 Å². The fourth-order valence-electron chi connectivity index (χ4n) is 2.35. The van der Waals surface area contributed by atoms with Crippen LogP contribution in [0.4, 0.5) is 4.39 Å². The third-order valence-corrected chi connectivity index (χ3v) is 3.42. The van der Waals surface area contributed by atoms with E-state index in [1.54, 1.807) is 19.9 Å². The fourth-order valence-corrected chi connectivity index (χ4v) is 2.35. The monoisotopic (exact) mass is 268 g/mol. The van der Waals surface area contributed by atoms with Crippen LogP contribution in [0, 0.1) is 11.7 Å². The Morgan fingerprint density at radius 2 is 2.11 bits per heavy atom. The number of benzene rings is 1. The summed E-state index contributed by atoms with van der Waals surface area (Å²) in [7, 11) is 0. The minimum absolute atomic E-state index is 0.262. The van der Waals surface area contributed by atoms with Gasteiger partial charge in [-0.1, -0.05) is 26.0 Å². The first-order valence-electron chi connectivity index (χ1n) is 6.64. The zero-order chi connectivity index (χ0) is 14.5. The average molecular weight is 268 g/mol. The highest BCUT2D eigenvalue weighted by atomic mass is 19.1. The predicted molar refractivity (Wildman–Crippen MR) is 71.0 cm³/mol. The van der Waals surface area contributed by atoms with Gasteiger partial charge in [-0.05, 0) is 37.5 Å². The summed E-state index contributed by atoms with van der Waals surface area (Å²) in [5, 5.41) is 10.8. The van der Waals surface area contributed by atoms with Crippen molar-refractivity contribution in [1.29, 1.82) is 0 Å². The van der Waals surface area contributed by atoms with Crippen molar-refractivity contribution in [3.05, 3.63) is 35.6 Å². The summed E-state index contributed by atoms with van der Waals surface area (Å²) in [4.78, 5) is 12.0. The molecule has 0 aliphatic carbocycles. The first-order valence-corrected chi connectivity index (χ1v) is 6.64. The van der Waals surface area contributed by atoms with Crippen molar-refractivity contribution in [2.75, 3.05) is 6.61 Å². The summed E-state index contributed by atoms with van der Waals surface area (Å²) in [5.74, 6) is -1.57. The minimum Gasteiger partial charge on any atom is -0.466 e. The quantitative estimate of drug-likeness (QED) is 0.807. The van der Waals surface area contributed by atoms with Gasteiger partial charge in [-0.25, -0.2) is 4.39 Å². The van der Waals surface area contributed by atoms with Gasteiger partial charge in [0.15, 0.2) is 0 Å². The Balaban J connectivity index is 3.17. The molecule has 0 heterocycles. The van der Waals surface area contributed by atoms with Crippen LogP contribution in [-0.2, 0) is 15.1 Å². The second-order valence-corrected chi connectivity index (χ2v) is 4.50. The summed E-state index contributed by atoms with van der Waals surface area (Å²) in [6.45, 7) is 5.56. The van der Waals surface area contributed by atoms with Crippen molar-refractivity contribution >= 4 is 5.97 Å². The van der Waals surface area contributed by atoms with E-state index in [2.05, 4.69) is 0 Å². The second-order valence-electron chi connectivity index (χ2n) is 4.50. The van der Waals surface area contributed by atoms with E-state index in [0.29, 0.717) is 18.4 Å². The normalized spacial score (nSPS) is 15.6. The van der Waals surface area contributed by atoms with Crippen LogP contribution in [0.25, 0.3) is 0 Å². The largest absolute Gasteiger partial charge is 0.466 e. The first-order chi connectivity index (χ1) is 8.99. The number of hydrogen-bond acceptors (Lipinski definition) is 3. The number of carbonyl (C=O) groups is 1. The molecule has 0 radical (unpaired) electrons. The lowest BCUT2D eigenvalue weighted by molar-refractivity contribution is -0.160. The molecule has 0 bridgehead atoms. The van der Waals surface area contributed by atoms with E-state index in [1.807, 2.05) is 6.92 Å². The highest BCUT2D eigenvalue weighted by Gasteiger charge is 2.41. The molecule has 19 heavy (non-hydrogen) atoms. The molecule has 0 spiro atoms. The van der Waals surface area contributed by atoms with Gasteiger partial charge in [0.05, 0.1) is 12.5 Å². The van der Waals surface area contributed by atoms with Gasteiger partial charge in [0.1, 0.15) is 11.4 Å². The molecule has 0 saturated heterocycles. The maximum atomic E-state index is 13.3. The Labute approximate surface area is 113 Å². The maximum absolute atomic E-state index is 13.3. The van der Waals surface area contributed by atoms with Crippen molar-refractivity contribution in [3.8, 4) is 0 Å². The standard InChI is InChI=1S/C15H21FO3/c1-4-13(14(17)19-6-3)15(18,5-2)11-8-7-9-12(16)10-11/h7-10,13,18H,4-6H2,1-3H3. The lowest BCUT2D eigenvalue weighted by Crippen LogP contribution is -2.40. The molecule has 3 nitrogen and oxygen atoms in total. The van der Waals surface area contributed by atoms with Gasteiger partial charge in [0.25, 0.3) is 0 Å². The van der Waals surface area contributed by atoms with E-state index in [1.165, 1.54) is 18.2 Å². The van der Waals surface area contributed by atoms with Crippen molar-refractivity contribution in [3.63, 3.8) is 0 Å². The molecule has 1 N–H and O–H groups in total. The molecule has 1 aromatic rings. The Morgan fingerprint density at radius 1 is 1.42 bits per heavy atom. The van der Waals surface area contributed by atoms with E-state index in [4.69, 9.17) is 4.74 Å². The fraction of sp³-hybridized carbons (Fsp3) is 0.533. The average Bonchev–Trinajstić information content (AvgIpc) is 2.39. The first kappa shape index (κ1) is 15.6. The van der Waals surface area contributed by atoms with Crippen molar-refractivity contribution in [2.24, 2.45) is 5.92 Å². The summed E-state index contributed by atoms with van der Waals surface area (Å²) in [6, 6.07) is 5.74. The maximum Gasteiger partial charge on any atom is 0.312 e. The highest BCUT2D eigenvalue weighted by molar-refractivity contribution is 5.74. The molecule has 1 rings (SSSR count). The molecule has 4 heteroatoms. The molecule has 2 atom stereocenters. The van der Waals surface area contributed by atoms with Crippen molar-refractivity contribution in [1.82, 2.24) is 0 Å². The molecule has 1 aromatic carbocycles. The number of rotatable bonds is 6. The molecule has 106 valence electrons. The minimum atomic E-state index is -1.40. The van der Waals surface area contributed by atoms with Gasteiger partial charge in [-0.2, -0.15) is 0 Å². The number of hydrogen-bond donors (Lipinski definition) is 1. The molecule has 0 fully saturated rings. The third kappa shape index (κ3) is 3.32. The molecule has 2 unspecified atom stereocenters. The summed E-state index contributed by atoms with van der Waals surface area (Å²) in [5.41, 5.74) is -0.988. The Kier molecular flexibility index (Phi) is 5.48. The van der Waals surface area contributed by atoms with Crippen LogP contribution in [0.1, 0.15) is 39.2 Å². The van der Waals surface area contributed by atoms with E-state index in [9.17, 15) is 14.3 Å². The van der Waals surface area contributed by atoms with E-state index in [0.717, 1.165) is 0 Å². The highest BCUT2D eigenvalue weighted by Crippen LogP contribution is 2.36. The van der Waals surface area contributed by atoms with E-state index in [-0.39, 0.29) is 6.61 Å². The predicted octanol–water partition coefficient (Wildman–Crippen LogP) is 3.01. The molecular formula is C15H21FO3. The van der Waals surface area contributed by atoms with Gasteiger partial charge in [-0.15, -0.1) is 0 Å². The molecule has 0 saturated carbocycles. The molecule has 0 aliphatic rings. The number of esters is 1. The van der Waals surface area contributed by atoms with Crippen LogP contribution in [0.15, 0.2) is 24.3 Å². The number of carbonyl (C=O) groups excluding carboxylic acids is 1. The van der Waals surface area contributed by atoms with Crippen LogP contribution < -0.4 is 0 Å².